The normalized spacial score (nSPS) is 13.1. The van der Waals surface area contributed by atoms with Crippen LogP contribution in [0.1, 0.15) is 38.7 Å². The molecule has 186 valence electrons. The predicted molar refractivity (Wildman–Crippen MR) is 136 cm³/mol. The highest BCUT2D eigenvalue weighted by atomic mass is 32.2. The summed E-state index contributed by atoms with van der Waals surface area (Å²) in [7, 11) is 0. The third-order valence-corrected chi connectivity index (χ3v) is 7.46. The number of rotatable bonds is 11. The fourth-order valence-electron chi connectivity index (χ4n) is 3.52. The number of thiophene rings is 1. The second-order valence-electron chi connectivity index (χ2n) is 8.22. The maximum Gasteiger partial charge on any atom is 0.272 e. The number of nitrogens with zero attached hydrogens (tertiary/aromatic N) is 2. The minimum Gasteiger partial charge on any atom is -0.454 e. The molecule has 11 heteroatoms. The van der Waals surface area contributed by atoms with Gasteiger partial charge in [-0.05, 0) is 48.9 Å². The summed E-state index contributed by atoms with van der Waals surface area (Å²) < 4.78 is 12.8. The zero-order chi connectivity index (χ0) is 24.8. The van der Waals surface area contributed by atoms with E-state index in [9.17, 15) is 14.4 Å². The Labute approximate surface area is 211 Å². The van der Waals surface area contributed by atoms with Gasteiger partial charge in [0.1, 0.15) is 4.70 Å². The molecule has 3 aromatic rings. The van der Waals surface area contributed by atoms with Crippen molar-refractivity contribution in [1.29, 1.82) is 0 Å². The van der Waals surface area contributed by atoms with Crippen LogP contribution in [-0.2, 0) is 22.7 Å². The molecule has 2 amide bonds. The summed E-state index contributed by atoms with van der Waals surface area (Å²) in [4.78, 5) is 42.3. The molecular formula is C24H28N4O5S2. The van der Waals surface area contributed by atoms with E-state index in [1.54, 1.807) is 10.6 Å². The van der Waals surface area contributed by atoms with Gasteiger partial charge in [0, 0.05) is 25.6 Å². The molecule has 0 radical (unpaired) electrons. The van der Waals surface area contributed by atoms with Gasteiger partial charge in [-0.1, -0.05) is 24.8 Å². The molecule has 0 saturated carbocycles. The number of hydrogen-bond donors (Lipinski definition) is 2. The molecule has 35 heavy (non-hydrogen) atoms. The number of carbonyl (C=O) groups excluding carboxylic acids is 2. The van der Waals surface area contributed by atoms with Crippen molar-refractivity contribution < 1.29 is 19.1 Å². The SMILES string of the molecule is CCC(C)NC(=O)CSc1nc2ccsc2c(=O)n1CCCC(=O)NCc1ccc2c(c1)OCO2. The zero-order valence-electron chi connectivity index (χ0n) is 19.7. The van der Waals surface area contributed by atoms with Crippen molar-refractivity contribution in [2.45, 2.75) is 57.4 Å². The number of ether oxygens (including phenoxy) is 2. The number of nitrogens with one attached hydrogen (secondary N) is 2. The Kier molecular flexibility index (Phi) is 8.29. The third-order valence-electron chi connectivity index (χ3n) is 5.60. The molecule has 0 aliphatic carbocycles. The largest absolute Gasteiger partial charge is 0.454 e. The molecule has 1 aliphatic heterocycles. The van der Waals surface area contributed by atoms with Crippen molar-refractivity contribution in [2.75, 3.05) is 12.5 Å². The van der Waals surface area contributed by atoms with Crippen LogP contribution in [0.25, 0.3) is 10.2 Å². The summed E-state index contributed by atoms with van der Waals surface area (Å²) in [6.07, 6.45) is 1.58. The number of amides is 2. The van der Waals surface area contributed by atoms with Crippen LogP contribution in [0.5, 0.6) is 11.5 Å². The van der Waals surface area contributed by atoms with Crippen molar-refractivity contribution in [3.05, 3.63) is 45.6 Å². The first-order valence-corrected chi connectivity index (χ1v) is 13.4. The Bertz CT molecular complexity index is 1270. The van der Waals surface area contributed by atoms with Crippen LogP contribution < -0.4 is 25.7 Å². The lowest BCUT2D eigenvalue weighted by atomic mass is 10.2. The molecule has 1 unspecified atom stereocenters. The zero-order valence-corrected chi connectivity index (χ0v) is 21.3. The highest BCUT2D eigenvalue weighted by Crippen LogP contribution is 2.32. The first kappa shape index (κ1) is 25.1. The lowest BCUT2D eigenvalue weighted by Gasteiger charge is -2.14. The van der Waals surface area contributed by atoms with E-state index >= 15 is 0 Å². The standard InChI is InChI=1S/C24H28N4O5S2/c1-3-15(2)26-21(30)13-35-24-27-17-8-10-34-22(17)23(31)28(24)9-4-5-20(29)25-12-16-6-7-18-19(11-16)33-14-32-18/h6-8,10-11,15H,3-5,9,12-14H2,1-2H3,(H,25,29)(H,26,30). The summed E-state index contributed by atoms with van der Waals surface area (Å²) in [5.41, 5.74) is 1.40. The van der Waals surface area contributed by atoms with E-state index in [0.717, 1.165) is 12.0 Å². The fourth-order valence-corrected chi connectivity index (χ4v) is 5.13. The smallest absolute Gasteiger partial charge is 0.272 e. The van der Waals surface area contributed by atoms with Gasteiger partial charge in [0.25, 0.3) is 5.56 Å². The lowest BCUT2D eigenvalue weighted by Crippen LogP contribution is -2.33. The van der Waals surface area contributed by atoms with E-state index in [0.29, 0.717) is 46.4 Å². The Morgan fingerprint density at radius 1 is 1.23 bits per heavy atom. The summed E-state index contributed by atoms with van der Waals surface area (Å²) in [6, 6.07) is 7.46. The molecule has 0 bridgehead atoms. The number of fused-ring (bicyclic) bond motifs is 2. The van der Waals surface area contributed by atoms with Crippen LogP contribution in [0.4, 0.5) is 0 Å². The summed E-state index contributed by atoms with van der Waals surface area (Å²) >= 11 is 2.58. The van der Waals surface area contributed by atoms with E-state index < -0.39 is 0 Å². The van der Waals surface area contributed by atoms with Crippen molar-refractivity contribution in [3.8, 4) is 11.5 Å². The highest BCUT2D eigenvalue weighted by Gasteiger charge is 2.16. The van der Waals surface area contributed by atoms with Gasteiger partial charge in [0.05, 0.1) is 11.3 Å². The van der Waals surface area contributed by atoms with Gasteiger partial charge in [-0.2, -0.15) is 0 Å². The van der Waals surface area contributed by atoms with Gasteiger partial charge in [0.2, 0.25) is 18.6 Å². The van der Waals surface area contributed by atoms with Crippen LogP contribution in [0.3, 0.4) is 0 Å². The van der Waals surface area contributed by atoms with E-state index in [1.165, 1.54) is 23.1 Å². The van der Waals surface area contributed by atoms with E-state index in [1.807, 2.05) is 37.4 Å². The maximum atomic E-state index is 13.1. The first-order chi connectivity index (χ1) is 16.9. The van der Waals surface area contributed by atoms with E-state index in [-0.39, 0.29) is 42.4 Å². The molecule has 4 rings (SSSR count). The summed E-state index contributed by atoms with van der Waals surface area (Å²) in [5, 5.41) is 8.14. The number of thioether (sulfide) groups is 1. The number of hydrogen-bond acceptors (Lipinski definition) is 8. The van der Waals surface area contributed by atoms with Gasteiger partial charge in [0.15, 0.2) is 16.7 Å². The highest BCUT2D eigenvalue weighted by molar-refractivity contribution is 7.99. The molecule has 1 aliphatic rings. The molecular weight excluding hydrogens is 488 g/mol. The van der Waals surface area contributed by atoms with Crippen molar-refractivity contribution >= 4 is 45.1 Å². The molecule has 0 fully saturated rings. The monoisotopic (exact) mass is 516 g/mol. The van der Waals surface area contributed by atoms with Gasteiger partial charge in [-0.25, -0.2) is 4.98 Å². The predicted octanol–water partition coefficient (Wildman–Crippen LogP) is 3.29. The molecule has 0 saturated heterocycles. The quantitative estimate of drug-likeness (QED) is 0.297. The maximum absolute atomic E-state index is 13.1. The van der Waals surface area contributed by atoms with Crippen LogP contribution in [0.2, 0.25) is 0 Å². The topological polar surface area (TPSA) is 112 Å². The van der Waals surface area contributed by atoms with Crippen molar-refractivity contribution in [2.24, 2.45) is 0 Å². The fraction of sp³-hybridized carbons (Fsp3) is 0.417. The summed E-state index contributed by atoms with van der Waals surface area (Å²) in [6.45, 7) is 4.88. The van der Waals surface area contributed by atoms with Gasteiger partial charge in [-0.15, -0.1) is 11.3 Å². The van der Waals surface area contributed by atoms with Crippen molar-refractivity contribution in [1.82, 2.24) is 20.2 Å². The van der Waals surface area contributed by atoms with Gasteiger partial charge in [-0.3, -0.25) is 19.0 Å². The average molecular weight is 517 g/mol. The Morgan fingerprint density at radius 3 is 2.89 bits per heavy atom. The molecule has 3 heterocycles. The molecule has 1 aromatic carbocycles. The minimum atomic E-state index is -0.143. The molecule has 9 nitrogen and oxygen atoms in total. The molecule has 2 N–H and O–H groups in total. The number of carbonyl (C=O) groups is 2. The third kappa shape index (κ3) is 6.34. The van der Waals surface area contributed by atoms with Crippen LogP contribution >= 0.6 is 23.1 Å². The van der Waals surface area contributed by atoms with Crippen LogP contribution in [-0.4, -0.2) is 40.0 Å². The second kappa shape index (κ2) is 11.6. The molecule has 2 aromatic heterocycles. The van der Waals surface area contributed by atoms with Gasteiger partial charge >= 0.3 is 0 Å². The van der Waals surface area contributed by atoms with Crippen LogP contribution in [0.15, 0.2) is 39.6 Å². The first-order valence-electron chi connectivity index (χ1n) is 11.5. The number of benzene rings is 1. The van der Waals surface area contributed by atoms with Crippen molar-refractivity contribution in [3.63, 3.8) is 0 Å². The Morgan fingerprint density at radius 2 is 2.06 bits per heavy atom. The number of aromatic nitrogens is 2. The van der Waals surface area contributed by atoms with E-state index in [4.69, 9.17) is 9.47 Å². The average Bonchev–Trinajstić information content (AvgIpc) is 3.52. The molecule has 1 atom stereocenters. The van der Waals surface area contributed by atoms with Gasteiger partial charge < -0.3 is 20.1 Å². The lowest BCUT2D eigenvalue weighted by molar-refractivity contribution is -0.121. The Hall–Kier alpha value is -3.05. The minimum absolute atomic E-state index is 0.0915. The summed E-state index contributed by atoms with van der Waals surface area (Å²) in [5.74, 6) is 1.34. The van der Waals surface area contributed by atoms with Crippen LogP contribution in [0, 0.1) is 0 Å². The Balaban J connectivity index is 1.34. The second-order valence-corrected chi connectivity index (χ2v) is 10.1. The molecule has 0 spiro atoms. The van der Waals surface area contributed by atoms with E-state index in [2.05, 4.69) is 15.6 Å².